The van der Waals surface area contributed by atoms with Gasteiger partial charge in [-0.25, -0.2) is 13.8 Å². The molecule has 4 rings (SSSR count). The summed E-state index contributed by atoms with van der Waals surface area (Å²) in [5, 5.41) is 6.32. The first-order chi connectivity index (χ1) is 14.4. The minimum atomic E-state index is -0.668. The molecule has 2 N–H and O–H groups in total. The lowest BCUT2D eigenvalue weighted by Crippen LogP contribution is -2.37. The number of nitrogens with zero attached hydrogens (tertiary/aromatic N) is 2. The van der Waals surface area contributed by atoms with Gasteiger partial charge in [0.2, 0.25) is 0 Å². The third-order valence-electron chi connectivity index (χ3n) is 5.32. The van der Waals surface area contributed by atoms with E-state index in [0.29, 0.717) is 29.3 Å². The highest BCUT2D eigenvalue weighted by Crippen LogP contribution is 2.26. The number of aryl methyl sites for hydroxylation is 2. The number of carbonyl (C=O) groups is 1. The first-order valence-electron chi connectivity index (χ1n) is 10.0. The maximum absolute atomic E-state index is 13.9. The van der Waals surface area contributed by atoms with Gasteiger partial charge in [-0.05, 0) is 57.0 Å². The van der Waals surface area contributed by atoms with Crippen molar-refractivity contribution < 1.29 is 18.3 Å². The SMILES string of the molecule is Cc1cc(OCc2c(F)cccc2F)c2nc(C)c(C(=O)NC[C@H]3CCCN3)n2c1. The summed E-state index contributed by atoms with van der Waals surface area (Å²) in [7, 11) is 0. The number of aromatic nitrogens is 2. The Kier molecular flexibility index (Phi) is 5.67. The van der Waals surface area contributed by atoms with Gasteiger partial charge in [-0.15, -0.1) is 0 Å². The molecule has 1 fully saturated rings. The van der Waals surface area contributed by atoms with E-state index in [2.05, 4.69) is 15.6 Å². The van der Waals surface area contributed by atoms with E-state index < -0.39 is 11.6 Å². The van der Waals surface area contributed by atoms with Gasteiger partial charge in [0.25, 0.3) is 5.91 Å². The predicted molar refractivity (Wildman–Crippen MR) is 109 cm³/mol. The van der Waals surface area contributed by atoms with Gasteiger partial charge in [0, 0.05) is 18.8 Å². The number of halogens is 2. The molecule has 6 nitrogen and oxygen atoms in total. The van der Waals surface area contributed by atoms with E-state index in [0.717, 1.165) is 24.9 Å². The molecule has 0 aliphatic carbocycles. The van der Waals surface area contributed by atoms with Crippen molar-refractivity contribution >= 4 is 11.6 Å². The third-order valence-corrected chi connectivity index (χ3v) is 5.32. The molecule has 1 aliphatic heterocycles. The number of ether oxygens (including phenoxy) is 1. The van der Waals surface area contributed by atoms with Crippen LogP contribution in [0.4, 0.5) is 8.78 Å². The van der Waals surface area contributed by atoms with E-state index in [-0.39, 0.29) is 24.1 Å². The molecule has 0 radical (unpaired) electrons. The molecule has 158 valence electrons. The van der Waals surface area contributed by atoms with Crippen LogP contribution < -0.4 is 15.4 Å². The molecular weight excluding hydrogens is 390 g/mol. The summed E-state index contributed by atoms with van der Waals surface area (Å²) in [6.45, 7) is 4.85. The van der Waals surface area contributed by atoms with Crippen molar-refractivity contribution in [2.45, 2.75) is 39.3 Å². The number of nitrogens with one attached hydrogen (secondary N) is 2. The zero-order chi connectivity index (χ0) is 21.3. The number of pyridine rings is 1. The summed E-state index contributed by atoms with van der Waals surface area (Å²) in [6, 6.07) is 5.71. The first kappa shape index (κ1) is 20.3. The van der Waals surface area contributed by atoms with Gasteiger partial charge in [0.05, 0.1) is 11.3 Å². The number of imidazole rings is 1. The summed E-state index contributed by atoms with van der Waals surface area (Å²) in [6.07, 6.45) is 3.95. The van der Waals surface area contributed by atoms with Crippen LogP contribution in [0.1, 0.15) is 40.2 Å². The number of hydrogen-bond donors (Lipinski definition) is 2. The summed E-state index contributed by atoms with van der Waals surface area (Å²) in [5.41, 5.74) is 2.09. The smallest absolute Gasteiger partial charge is 0.270 e. The van der Waals surface area contributed by atoms with E-state index in [1.54, 1.807) is 23.6 Å². The van der Waals surface area contributed by atoms with Gasteiger partial charge in [-0.3, -0.25) is 9.20 Å². The van der Waals surface area contributed by atoms with Gasteiger partial charge in [-0.2, -0.15) is 0 Å². The summed E-state index contributed by atoms with van der Waals surface area (Å²) < 4.78 is 35.3. The standard InChI is InChI=1S/C22H24F2N4O2/c1-13-9-19(30-12-16-17(23)6-3-7-18(16)24)21-27-14(2)20(28(21)11-13)22(29)26-10-15-5-4-8-25-15/h3,6-7,9,11,15,25H,4-5,8,10,12H2,1-2H3,(H,26,29)/t15-/m1/s1. The molecule has 1 saturated heterocycles. The molecule has 30 heavy (non-hydrogen) atoms. The van der Waals surface area contributed by atoms with Crippen molar-refractivity contribution in [3.8, 4) is 5.75 Å². The molecule has 8 heteroatoms. The molecule has 1 aromatic carbocycles. The van der Waals surface area contributed by atoms with Crippen LogP contribution in [0.2, 0.25) is 0 Å². The van der Waals surface area contributed by atoms with Crippen molar-refractivity contribution in [3.05, 3.63) is 64.6 Å². The van der Waals surface area contributed by atoms with Crippen LogP contribution in [0, 0.1) is 25.5 Å². The minimum Gasteiger partial charge on any atom is -0.485 e. The fourth-order valence-corrected chi connectivity index (χ4v) is 3.79. The Labute approximate surface area is 173 Å². The van der Waals surface area contributed by atoms with Crippen LogP contribution in [-0.2, 0) is 6.61 Å². The fraction of sp³-hybridized carbons (Fsp3) is 0.364. The van der Waals surface area contributed by atoms with Crippen molar-refractivity contribution in [2.24, 2.45) is 0 Å². The Balaban J connectivity index is 1.60. The molecule has 3 aromatic rings. The Morgan fingerprint density at radius 3 is 2.80 bits per heavy atom. The fourth-order valence-electron chi connectivity index (χ4n) is 3.79. The molecular formula is C22H24F2N4O2. The zero-order valence-corrected chi connectivity index (χ0v) is 17.0. The molecule has 0 unspecified atom stereocenters. The van der Waals surface area contributed by atoms with Crippen molar-refractivity contribution in [1.29, 1.82) is 0 Å². The highest BCUT2D eigenvalue weighted by molar-refractivity contribution is 5.95. The van der Waals surface area contributed by atoms with E-state index in [4.69, 9.17) is 4.74 Å². The predicted octanol–water partition coefficient (Wildman–Crippen LogP) is 3.29. The molecule has 1 amide bonds. The van der Waals surface area contributed by atoms with Crippen LogP contribution in [-0.4, -0.2) is 34.4 Å². The van der Waals surface area contributed by atoms with E-state index in [1.807, 2.05) is 6.92 Å². The lowest BCUT2D eigenvalue weighted by Gasteiger charge is -2.13. The van der Waals surface area contributed by atoms with Gasteiger partial charge >= 0.3 is 0 Å². The number of fused-ring (bicyclic) bond motifs is 1. The Morgan fingerprint density at radius 2 is 2.10 bits per heavy atom. The zero-order valence-electron chi connectivity index (χ0n) is 17.0. The second-order valence-corrected chi connectivity index (χ2v) is 7.61. The monoisotopic (exact) mass is 414 g/mol. The molecule has 0 saturated carbocycles. The topological polar surface area (TPSA) is 67.7 Å². The average Bonchev–Trinajstić information content (AvgIpc) is 3.33. The Hall–Kier alpha value is -3.00. The normalized spacial score (nSPS) is 16.2. The summed E-state index contributed by atoms with van der Waals surface area (Å²) >= 11 is 0. The second kappa shape index (κ2) is 8.39. The van der Waals surface area contributed by atoms with Crippen molar-refractivity contribution in [2.75, 3.05) is 13.1 Å². The first-order valence-corrected chi connectivity index (χ1v) is 10.0. The van der Waals surface area contributed by atoms with Crippen LogP contribution in [0.3, 0.4) is 0 Å². The van der Waals surface area contributed by atoms with Crippen molar-refractivity contribution in [1.82, 2.24) is 20.0 Å². The lowest BCUT2D eigenvalue weighted by molar-refractivity contribution is 0.0943. The molecule has 3 heterocycles. The number of carbonyl (C=O) groups excluding carboxylic acids is 1. The van der Waals surface area contributed by atoms with Gasteiger partial charge in [0.1, 0.15) is 23.9 Å². The number of amides is 1. The quantitative estimate of drug-likeness (QED) is 0.650. The third kappa shape index (κ3) is 4.00. The average molecular weight is 414 g/mol. The minimum absolute atomic E-state index is 0.150. The summed E-state index contributed by atoms with van der Waals surface area (Å²) in [5.74, 6) is -1.19. The van der Waals surface area contributed by atoms with Gasteiger partial charge in [0.15, 0.2) is 11.4 Å². The van der Waals surface area contributed by atoms with Crippen LogP contribution >= 0.6 is 0 Å². The van der Waals surface area contributed by atoms with E-state index in [1.165, 1.54) is 18.2 Å². The molecule has 1 aliphatic rings. The second-order valence-electron chi connectivity index (χ2n) is 7.61. The number of hydrogen-bond acceptors (Lipinski definition) is 4. The Bertz CT molecular complexity index is 1070. The van der Waals surface area contributed by atoms with Gasteiger partial charge < -0.3 is 15.4 Å². The maximum atomic E-state index is 13.9. The van der Waals surface area contributed by atoms with E-state index >= 15 is 0 Å². The molecule has 2 aromatic heterocycles. The lowest BCUT2D eigenvalue weighted by atomic mass is 10.2. The van der Waals surface area contributed by atoms with Crippen molar-refractivity contribution in [3.63, 3.8) is 0 Å². The molecule has 1 atom stereocenters. The maximum Gasteiger partial charge on any atom is 0.270 e. The molecule has 0 spiro atoms. The highest BCUT2D eigenvalue weighted by atomic mass is 19.1. The largest absolute Gasteiger partial charge is 0.485 e. The van der Waals surface area contributed by atoms with Crippen LogP contribution in [0.25, 0.3) is 5.65 Å². The van der Waals surface area contributed by atoms with E-state index in [9.17, 15) is 13.6 Å². The summed E-state index contributed by atoms with van der Waals surface area (Å²) in [4.78, 5) is 17.3. The number of benzene rings is 1. The van der Waals surface area contributed by atoms with Crippen LogP contribution in [0.15, 0.2) is 30.5 Å². The highest BCUT2D eigenvalue weighted by Gasteiger charge is 2.22. The van der Waals surface area contributed by atoms with Gasteiger partial charge in [-0.1, -0.05) is 6.07 Å². The number of rotatable bonds is 6. The molecule has 0 bridgehead atoms. The Morgan fingerprint density at radius 1 is 1.33 bits per heavy atom. The van der Waals surface area contributed by atoms with Crippen LogP contribution in [0.5, 0.6) is 5.75 Å².